The first kappa shape index (κ1) is 11.7. The van der Waals surface area contributed by atoms with Crippen molar-refractivity contribution in [3.63, 3.8) is 0 Å². The zero-order chi connectivity index (χ0) is 12.3. The lowest BCUT2D eigenvalue weighted by Crippen LogP contribution is -2.08. The summed E-state index contributed by atoms with van der Waals surface area (Å²) in [6.07, 6.45) is 2.72. The predicted molar refractivity (Wildman–Crippen MR) is 66.9 cm³/mol. The fourth-order valence-electron chi connectivity index (χ4n) is 1.44. The van der Waals surface area contributed by atoms with Gasteiger partial charge in [-0.25, -0.2) is 4.98 Å². The number of nitrogens with one attached hydrogen (secondary N) is 1. The predicted octanol–water partition coefficient (Wildman–Crippen LogP) is 1.10. The third-order valence-electron chi connectivity index (χ3n) is 2.17. The lowest BCUT2D eigenvalue weighted by Gasteiger charge is -2.04. The van der Waals surface area contributed by atoms with Crippen LogP contribution in [0.5, 0.6) is 0 Å². The van der Waals surface area contributed by atoms with E-state index >= 15 is 0 Å². The van der Waals surface area contributed by atoms with Crippen molar-refractivity contribution in [2.24, 2.45) is 7.05 Å². The fourth-order valence-corrected chi connectivity index (χ4v) is 1.63. The molecule has 2 aromatic rings. The van der Waals surface area contributed by atoms with Crippen LogP contribution in [-0.4, -0.2) is 26.3 Å². The molecule has 2 heterocycles. The molecule has 0 unspecified atom stereocenters. The molecule has 2 rings (SSSR count). The van der Waals surface area contributed by atoms with Crippen LogP contribution in [0.1, 0.15) is 5.69 Å². The quantitative estimate of drug-likeness (QED) is 0.797. The van der Waals surface area contributed by atoms with Crippen LogP contribution < -0.4 is 11.1 Å². The van der Waals surface area contributed by atoms with Crippen LogP contribution in [0.15, 0.2) is 18.3 Å². The Bertz CT molecular complexity index is 489. The molecule has 0 saturated heterocycles. The smallest absolute Gasteiger partial charge is 0.223 e. The van der Waals surface area contributed by atoms with Crippen LogP contribution in [0.25, 0.3) is 0 Å². The van der Waals surface area contributed by atoms with Gasteiger partial charge in [-0.3, -0.25) is 4.68 Å². The highest BCUT2D eigenvalue weighted by Gasteiger charge is 2.01. The van der Waals surface area contributed by atoms with Crippen molar-refractivity contribution in [2.75, 3.05) is 17.6 Å². The van der Waals surface area contributed by atoms with Crippen molar-refractivity contribution < 1.29 is 0 Å². The summed E-state index contributed by atoms with van der Waals surface area (Å²) in [6.45, 7) is 0.712. The third-order valence-corrected chi connectivity index (χ3v) is 2.36. The Kier molecular flexibility index (Phi) is 3.43. The lowest BCUT2D eigenvalue weighted by atomic mass is 10.3. The van der Waals surface area contributed by atoms with E-state index in [0.717, 1.165) is 12.1 Å². The molecule has 3 N–H and O–H groups in total. The summed E-state index contributed by atoms with van der Waals surface area (Å²) in [4.78, 5) is 7.80. The van der Waals surface area contributed by atoms with Crippen LogP contribution in [0.4, 0.5) is 11.8 Å². The number of hydrogen-bond acceptors (Lipinski definition) is 5. The van der Waals surface area contributed by atoms with E-state index in [1.54, 1.807) is 10.7 Å². The standard InChI is InChI=1S/C10H13ClN6/c1-17-5-3-7(16-17)2-4-13-9-6-8(11)14-10(12)15-9/h3,5-6H,2,4H2,1H3,(H3,12,13,14,15). The van der Waals surface area contributed by atoms with E-state index in [1.165, 1.54) is 0 Å². The Morgan fingerprint density at radius 2 is 2.29 bits per heavy atom. The van der Waals surface area contributed by atoms with Gasteiger partial charge in [0.25, 0.3) is 0 Å². The first-order chi connectivity index (χ1) is 8.13. The van der Waals surface area contributed by atoms with E-state index in [1.807, 2.05) is 19.3 Å². The van der Waals surface area contributed by atoms with Gasteiger partial charge in [-0.05, 0) is 6.07 Å². The molecule has 0 aromatic carbocycles. The van der Waals surface area contributed by atoms with E-state index in [0.29, 0.717) is 17.5 Å². The molecule has 0 amide bonds. The number of aromatic nitrogens is 4. The molecule has 0 bridgehead atoms. The zero-order valence-electron chi connectivity index (χ0n) is 9.39. The zero-order valence-corrected chi connectivity index (χ0v) is 10.1. The van der Waals surface area contributed by atoms with Crippen LogP contribution >= 0.6 is 11.6 Å². The second-order valence-electron chi connectivity index (χ2n) is 3.59. The topological polar surface area (TPSA) is 81.7 Å². The first-order valence-electron chi connectivity index (χ1n) is 5.16. The van der Waals surface area contributed by atoms with E-state index in [2.05, 4.69) is 20.4 Å². The molecule has 90 valence electrons. The number of halogens is 1. The maximum absolute atomic E-state index is 5.76. The molecule has 17 heavy (non-hydrogen) atoms. The molecule has 2 aromatic heterocycles. The van der Waals surface area contributed by atoms with Crippen LogP contribution in [0.3, 0.4) is 0 Å². The van der Waals surface area contributed by atoms with Gasteiger partial charge in [0.2, 0.25) is 5.95 Å². The first-order valence-corrected chi connectivity index (χ1v) is 5.54. The van der Waals surface area contributed by atoms with Gasteiger partial charge in [0.15, 0.2) is 0 Å². The van der Waals surface area contributed by atoms with Crippen molar-refractivity contribution in [2.45, 2.75) is 6.42 Å². The number of hydrogen-bond donors (Lipinski definition) is 2. The summed E-state index contributed by atoms with van der Waals surface area (Å²) in [6, 6.07) is 3.61. The van der Waals surface area contributed by atoms with Crippen molar-refractivity contribution in [3.8, 4) is 0 Å². The molecule has 6 nitrogen and oxygen atoms in total. The number of nitrogens with two attached hydrogens (primary N) is 1. The highest BCUT2D eigenvalue weighted by atomic mass is 35.5. The van der Waals surface area contributed by atoms with E-state index in [-0.39, 0.29) is 5.95 Å². The Balaban J connectivity index is 1.89. The minimum Gasteiger partial charge on any atom is -0.369 e. The number of nitrogens with zero attached hydrogens (tertiary/aromatic N) is 4. The molecule has 0 radical (unpaired) electrons. The fraction of sp³-hybridized carbons (Fsp3) is 0.300. The SMILES string of the molecule is Cn1ccc(CCNc2cc(Cl)nc(N)n2)n1. The molecule has 0 fully saturated rings. The summed E-state index contributed by atoms with van der Waals surface area (Å²) in [7, 11) is 1.89. The summed E-state index contributed by atoms with van der Waals surface area (Å²) in [5.74, 6) is 0.788. The maximum atomic E-state index is 5.76. The summed E-state index contributed by atoms with van der Waals surface area (Å²) in [5, 5.41) is 7.72. The molecule has 7 heteroatoms. The van der Waals surface area contributed by atoms with Crippen LogP contribution in [0.2, 0.25) is 5.15 Å². The second-order valence-corrected chi connectivity index (χ2v) is 3.98. The molecule has 0 aliphatic rings. The van der Waals surface area contributed by atoms with E-state index in [9.17, 15) is 0 Å². The average molecular weight is 253 g/mol. The van der Waals surface area contributed by atoms with Gasteiger partial charge in [-0.15, -0.1) is 0 Å². The summed E-state index contributed by atoms with van der Waals surface area (Å²) < 4.78 is 1.77. The second kappa shape index (κ2) is 5.01. The molecule has 0 aliphatic heterocycles. The van der Waals surface area contributed by atoms with Gasteiger partial charge in [-0.1, -0.05) is 11.6 Å². The normalized spacial score (nSPS) is 10.5. The molecule has 0 atom stereocenters. The largest absolute Gasteiger partial charge is 0.369 e. The maximum Gasteiger partial charge on any atom is 0.223 e. The lowest BCUT2D eigenvalue weighted by molar-refractivity contribution is 0.742. The van der Waals surface area contributed by atoms with Gasteiger partial charge >= 0.3 is 0 Å². The molecular weight excluding hydrogens is 240 g/mol. The molecular formula is C10H13ClN6. The average Bonchev–Trinajstić information content (AvgIpc) is 2.63. The van der Waals surface area contributed by atoms with Crippen LogP contribution in [0, 0.1) is 0 Å². The minimum atomic E-state index is 0.165. The Morgan fingerprint density at radius 1 is 1.47 bits per heavy atom. The summed E-state index contributed by atoms with van der Waals surface area (Å²) in [5.41, 5.74) is 6.50. The molecule has 0 saturated carbocycles. The monoisotopic (exact) mass is 252 g/mol. The number of anilines is 2. The Hall–Kier alpha value is -1.82. The van der Waals surface area contributed by atoms with Gasteiger partial charge in [-0.2, -0.15) is 10.1 Å². The van der Waals surface area contributed by atoms with Crippen molar-refractivity contribution in [1.29, 1.82) is 0 Å². The highest BCUT2D eigenvalue weighted by molar-refractivity contribution is 6.29. The summed E-state index contributed by atoms with van der Waals surface area (Å²) >= 11 is 5.76. The molecule has 0 aliphatic carbocycles. The Morgan fingerprint density at radius 3 is 2.94 bits per heavy atom. The third kappa shape index (κ3) is 3.32. The number of rotatable bonds is 4. The van der Waals surface area contributed by atoms with Crippen molar-refractivity contribution in [3.05, 3.63) is 29.2 Å². The number of aryl methyl sites for hydroxylation is 1. The van der Waals surface area contributed by atoms with Gasteiger partial charge in [0.1, 0.15) is 11.0 Å². The molecule has 0 spiro atoms. The van der Waals surface area contributed by atoms with E-state index in [4.69, 9.17) is 17.3 Å². The minimum absolute atomic E-state index is 0.165. The van der Waals surface area contributed by atoms with Crippen molar-refractivity contribution in [1.82, 2.24) is 19.7 Å². The highest BCUT2D eigenvalue weighted by Crippen LogP contribution is 2.12. The van der Waals surface area contributed by atoms with Gasteiger partial charge in [0, 0.05) is 32.3 Å². The van der Waals surface area contributed by atoms with Crippen molar-refractivity contribution >= 4 is 23.4 Å². The van der Waals surface area contributed by atoms with Gasteiger partial charge < -0.3 is 11.1 Å². The Labute approximate surface area is 104 Å². The van der Waals surface area contributed by atoms with Gasteiger partial charge in [0.05, 0.1) is 5.69 Å². The van der Waals surface area contributed by atoms with E-state index < -0.39 is 0 Å². The number of nitrogen functional groups attached to an aromatic ring is 1. The van der Waals surface area contributed by atoms with Crippen LogP contribution in [-0.2, 0) is 13.5 Å².